The molecule has 1 aromatic heterocycles. The SMILES string of the molecule is O=C(Nc1ccc(N2CCCN(C(=O)c3ccccc3)CC2)nc1)c1ccccc1F. The van der Waals surface area contributed by atoms with Gasteiger partial charge in [0.05, 0.1) is 17.4 Å². The molecule has 1 aliphatic heterocycles. The van der Waals surface area contributed by atoms with Gasteiger partial charge in [-0.3, -0.25) is 9.59 Å². The quantitative estimate of drug-likeness (QED) is 0.700. The van der Waals surface area contributed by atoms with Gasteiger partial charge in [0.1, 0.15) is 11.6 Å². The lowest BCUT2D eigenvalue weighted by molar-refractivity contribution is 0.0767. The lowest BCUT2D eigenvalue weighted by Gasteiger charge is -2.23. The number of benzene rings is 2. The maximum atomic E-state index is 13.8. The number of carbonyl (C=O) groups is 2. The minimum atomic E-state index is -0.566. The molecule has 31 heavy (non-hydrogen) atoms. The molecule has 6 nitrogen and oxygen atoms in total. The first-order valence-electron chi connectivity index (χ1n) is 10.2. The van der Waals surface area contributed by atoms with E-state index >= 15 is 0 Å². The Morgan fingerprint density at radius 2 is 1.65 bits per heavy atom. The summed E-state index contributed by atoms with van der Waals surface area (Å²) in [4.78, 5) is 33.4. The number of anilines is 2. The first kappa shape index (κ1) is 20.5. The van der Waals surface area contributed by atoms with Crippen LogP contribution in [0.25, 0.3) is 0 Å². The lowest BCUT2D eigenvalue weighted by atomic mass is 10.2. The molecule has 4 rings (SSSR count). The third-order valence-electron chi connectivity index (χ3n) is 5.25. The van der Waals surface area contributed by atoms with Gasteiger partial charge in [-0.1, -0.05) is 30.3 Å². The molecule has 0 bridgehead atoms. The van der Waals surface area contributed by atoms with E-state index in [0.29, 0.717) is 30.9 Å². The van der Waals surface area contributed by atoms with Crippen molar-refractivity contribution in [2.75, 3.05) is 36.4 Å². The Labute approximate surface area is 180 Å². The number of rotatable bonds is 4. The van der Waals surface area contributed by atoms with E-state index in [1.54, 1.807) is 18.3 Å². The molecular formula is C24H23FN4O2. The van der Waals surface area contributed by atoms with Crippen molar-refractivity contribution in [2.24, 2.45) is 0 Å². The smallest absolute Gasteiger partial charge is 0.258 e. The van der Waals surface area contributed by atoms with Crippen LogP contribution in [-0.4, -0.2) is 47.9 Å². The van der Waals surface area contributed by atoms with E-state index in [2.05, 4.69) is 15.2 Å². The van der Waals surface area contributed by atoms with E-state index < -0.39 is 11.7 Å². The van der Waals surface area contributed by atoms with Gasteiger partial charge >= 0.3 is 0 Å². The predicted octanol–water partition coefficient (Wildman–Crippen LogP) is 3.83. The van der Waals surface area contributed by atoms with E-state index in [0.717, 1.165) is 18.8 Å². The Kier molecular flexibility index (Phi) is 6.21. The van der Waals surface area contributed by atoms with Gasteiger partial charge in [-0.25, -0.2) is 9.37 Å². The molecule has 158 valence electrons. The molecule has 1 N–H and O–H groups in total. The molecule has 7 heteroatoms. The van der Waals surface area contributed by atoms with Crippen LogP contribution in [0.1, 0.15) is 27.1 Å². The van der Waals surface area contributed by atoms with Crippen molar-refractivity contribution < 1.29 is 14.0 Å². The van der Waals surface area contributed by atoms with Gasteiger partial charge in [-0.2, -0.15) is 0 Å². The zero-order valence-corrected chi connectivity index (χ0v) is 17.0. The number of hydrogen-bond acceptors (Lipinski definition) is 4. The second kappa shape index (κ2) is 9.38. The van der Waals surface area contributed by atoms with Crippen molar-refractivity contribution in [3.63, 3.8) is 0 Å². The zero-order valence-electron chi connectivity index (χ0n) is 17.0. The van der Waals surface area contributed by atoms with Crippen LogP contribution >= 0.6 is 0 Å². The van der Waals surface area contributed by atoms with Gasteiger partial charge in [-0.05, 0) is 42.8 Å². The van der Waals surface area contributed by atoms with E-state index in [-0.39, 0.29) is 11.5 Å². The highest BCUT2D eigenvalue weighted by molar-refractivity contribution is 6.04. The van der Waals surface area contributed by atoms with Crippen LogP contribution in [0.2, 0.25) is 0 Å². The Morgan fingerprint density at radius 3 is 2.39 bits per heavy atom. The second-order valence-corrected chi connectivity index (χ2v) is 7.34. The topological polar surface area (TPSA) is 65.5 Å². The molecule has 2 amide bonds. The Hall–Kier alpha value is -3.74. The fourth-order valence-corrected chi connectivity index (χ4v) is 3.60. The van der Waals surface area contributed by atoms with Crippen molar-refractivity contribution in [2.45, 2.75) is 6.42 Å². The van der Waals surface area contributed by atoms with Crippen LogP contribution in [-0.2, 0) is 0 Å². The van der Waals surface area contributed by atoms with Gasteiger partial charge in [0, 0.05) is 31.7 Å². The number of amides is 2. The molecular weight excluding hydrogens is 395 g/mol. The second-order valence-electron chi connectivity index (χ2n) is 7.34. The van der Waals surface area contributed by atoms with Gasteiger partial charge in [-0.15, -0.1) is 0 Å². The normalized spacial score (nSPS) is 14.1. The summed E-state index contributed by atoms with van der Waals surface area (Å²) in [5, 5.41) is 2.67. The van der Waals surface area contributed by atoms with Crippen LogP contribution in [0.15, 0.2) is 72.9 Å². The summed E-state index contributed by atoms with van der Waals surface area (Å²) in [6, 6.07) is 18.7. The highest BCUT2D eigenvalue weighted by Crippen LogP contribution is 2.18. The molecule has 0 unspecified atom stereocenters. The Balaban J connectivity index is 1.37. The molecule has 0 saturated carbocycles. The van der Waals surface area contributed by atoms with Gasteiger partial charge in [0.15, 0.2) is 0 Å². The predicted molar refractivity (Wildman–Crippen MR) is 118 cm³/mol. The third-order valence-corrected chi connectivity index (χ3v) is 5.25. The Bertz CT molecular complexity index is 1060. The van der Waals surface area contributed by atoms with Gasteiger partial charge in [0.25, 0.3) is 11.8 Å². The molecule has 1 aliphatic rings. The summed E-state index contributed by atoms with van der Waals surface area (Å²) >= 11 is 0. The molecule has 2 heterocycles. The number of aromatic nitrogens is 1. The van der Waals surface area contributed by atoms with E-state index in [1.165, 1.54) is 18.2 Å². The zero-order chi connectivity index (χ0) is 21.6. The van der Waals surface area contributed by atoms with Crippen LogP contribution < -0.4 is 10.2 Å². The number of pyridine rings is 1. The molecule has 0 radical (unpaired) electrons. The fraction of sp³-hybridized carbons (Fsp3) is 0.208. The van der Waals surface area contributed by atoms with Gasteiger partial charge in [0.2, 0.25) is 0 Å². The molecule has 1 saturated heterocycles. The summed E-state index contributed by atoms with van der Waals surface area (Å²) in [6.45, 7) is 2.77. The van der Waals surface area contributed by atoms with E-state index in [9.17, 15) is 14.0 Å². The van der Waals surface area contributed by atoms with E-state index in [1.807, 2.05) is 41.3 Å². The van der Waals surface area contributed by atoms with E-state index in [4.69, 9.17) is 0 Å². The number of nitrogens with one attached hydrogen (secondary N) is 1. The van der Waals surface area contributed by atoms with Crippen molar-refractivity contribution in [3.05, 3.63) is 89.9 Å². The van der Waals surface area contributed by atoms with Crippen LogP contribution in [0.4, 0.5) is 15.9 Å². The fourth-order valence-electron chi connectivity index (χ4n) is 3.60. The monoisotopic (exact) mass is 418 g/mol. The number of hydrogen-bond donors (Lipinski definition) is 1. The maximum Gasteiger partial charge on any atom is 0.258 e. The summed E-state index contributed by atoms with van der Waals surface area (Å²) in [6.07, 6.45) is 2.40. The minimum absolute atomic E-state index is 0.0118. The van der Waals surface area contributed by atoms with Crippen LogP contribution in [0, 0.1) is 5.82 Å². The number of halogens is 1. The molecule has 2 aromatic carbocycles. The summed E-state index contributed by atoms with van der Waals surface area (Å²) < 4.78 is 13.8. The third kappa shape index (κ3) is 4.88. The van der Waals surface area contributed by atoms with Crippen LogP contribution in [0.3, 0.4) is 0 Å². The summed E-state index contributed by atoms with van der Waals surface area (Å²) in [7, 11) is 0. The number of carbonyl (C=O) groups excluding carboxylic acids is 2. The molecule has 3 aromatic rings. The van der Waals surface area contributed by atoms with Crippen molar-refractivity contribution in [3.8, 4) is 0 Å². The molecule has 0 spiro atoms. The standard InChI is InChI=1S/C24H23FN4O2/c25-21-10-5-4-9-20(21)23(30)27-19-11-12-22(26-17-19)28-13-6-14-29(16-15-28)24(31)18-7-2-1-3-8-18/h1-5,7-12,17H,6,13-16H2,(H,27,30). The van der Waals surface area contributed by atoms with Crippen molar-refractivity contribution in [1.82, 2.24) is 9.88 Å². The summed E-state index contributed by atoms with van der Waals surface area (Å²) in [5.41, 5.74) is 1.18. The maximum absolute atomic E-state index is 13.8. The average Bonchev–Trinajstić information content (AvgIpc) is 3.06. The molecule has 1 fully saturated rings. The van der Waals surface area contributed by atoms with Crippen molar-refractivity contribution >= 4 is 23.3 Å². The molecule has 0 aliphatic carbocycles. The average molecular weight is 418 g/mol. The van der Waals surface area contributed by atoms with Gasteiger partial charge < -0.3 is 15.1 Å². The summed E-state index contributed by atoms with van der Waals surface area (Å²) in [5.74, 6) is -0.263. The highest BCUT2D eigenvalue weighted by Gasteiger charge is 2.21. The first-order chi connectivity index (χ1) is 15.1. The van der Waals surface area contributed by atoms with Crippen LogP contribution in [0.5, 0.6) is 0 Å². The van der Waals surface area contributed by atoms with Crippen molar-refractivity contribution in [1.29, 1.82) is 0 Å². The largest absolute Gasteiger partial charge is 0.355 e. The first-order valence-corrected chi connectivity index (χ1v) is 10.2. The lowest BCUT2D eigenvalue weighted by Crippen LogP contribution is -2.35. The highest BCUT2D eigenvalue weighted by atomic mass is 19.1. The Morgan fingerprint density at radius 1 is 0.871 bits per heavy atom. The molecule has 0 atom stereocenters. The minimum Gasteiger partial charge on any atom is -0.355 e. The number of nitrogens with zero attached hydrogens (tertiary/aromatic N) is 3.